The third kappa shape index (κ3) is 2.64. The number of benzene rings is 1. The van der Waals surface area contributed by atoms with E-state index in [0.29, 0.717) is 5.02 Å². The quantitative estimate of drug-likeness (QED) is 0.858. The second kappa shape index (κ2) is 5.54. The van der Waals surface area contributed by atoms with Crippen LogP contribution in [0, 0.1) is 0 Å². The van der Waals surface area contributed by atoms with Gasteiger partial charge in [-0.05, 0) is 31.9 Å². The van der Waals surface area contributed by atoms with Gasteiger partial charge in [0.05, 0.1) is 21.8 Å². The first kappa shape index (κ1) is 14.7. The molecule has 1 heterocycles. The van der Waals surface area contributed by atoms with Crippen molar-refractivity contribution in [2.75, 3.05) is 5.75 Å². The highest BCUT2D eigenvalue weighted by Gasteiger charge is 2.34. The van der Waals surface area contributed by atoms with Gasteiger partial charge in [-0.3, -0.25) is 4.79 Å². The Bertz CT molecular complexity index is 692. The molecule has 0 radical (unpaired) electrons. The number of imidazole rings is 1. The van der Waals surface area contributed by atoms with Gasteiger partial charge in [0.1, 0.15) is 0 Å². The number of halogens is 1. The number of carbonyl (C=O) groups is 1. The zero-order valence-electron chi connectivity index (χ0n) is 11.8. The summed E-state index contributed by atoms with van der Waals surface area (Å²) < 4.78 is 2.17. The molecular formula is C15H17ClN2O2S. The summed E-state index contributed by atoms with van der Waals surface area (Å²) in [6.45, 7) is 2.22. The van der Waals surface area contributed by atoms with Crippen molar-refractivity contribution in [1.29, 1.82) is 0 Å². The summed E-state index contributed by atoms with van der Waals surface area (Å²) in [5, 5.41) is 10.4. The number of fused-ring (bicyclic) bond motifs is 1. The van der Waals surface area contributed by atoms with Crippen molar-refractivity contribution in [2.24, 2.45) is 0 Å². The van der Waals surface area contributed by atoms with Gasteiger partial charge in [0.25, 0.3) is 0 Å². The van der Waals surface area contributed by atoms with Gasteiger partial charge in [-0.1, -0.05) is 42.3 Å². The molecule has 4 nitrogen and oxygen atoms in total. The summed E-state index contributed by atoms with van der Waals surface area (Å²) in [5.74, 6) is -0.821. The van der Waals surface area contributed by atoms with Gasteiger partial charge < -0.3 is 9.67 Å². The van der Waals surface area contributed by atoms with Gasteiger partial charge in [0.2, 0.25) is 0 Å². The summed E-state index contributed by atoms with van der Waals surface area (Å²) in [6.07, 6.45) is 4.52. The molecule has 112 valence electrons. The Morgan fingerprint density at radius 3 is 2.86 bits per heavy atom. The third-order valence-corrected chi connectivity index (χ3v) is 5.37. The highest BCUT2D eigenvalue weighted by atomic mass is 35.5. The topological polar surface area (TPSA) is 55.1 Å². The number of hydrogen-bond donors (Lipinski definition) is 1. The van der Waals surface area contributed by atoms with Gasteiger partial charge in [0.15, 0.2) is 5.16 Å². The van der Waals surface area contributed by atoms with E-state index in [2.05, 4.69) is 16.5 Å². The third-order valence-electron chi connectivity index (χ3n) is 4.14. The van der Waals surface area contributed by atoms with Crippen LogP contribution in [0.5, 0.6) is 0 Å². The maximum atomic E-state index is 10.9. The summed E-state index contributed by atoms with van der Waals surface area (Å²) in [4.78, 5) is 15.5. The van der Waals surface area contributed by atoms with Gasteiger partial charge in [-0.15, -0.1) is 0 Å². The maximum Gasteiger partial charge on any atom is 0.313 e. The van der Waals surface area contributed by atoms with Gasteiger partial charge >= 0.3 is 5.97 Å². The number of aromatic nitrogens is 2. The number of hydrogen-bond acceptors (Lipinski definition) is 3. The standard InChI is InChI=1S/C15H17ClN2O2S/c1-15(7-2-3-8-15)18-13-10(16)5-4-6-11(13)17-14(18)21-9-12(19)20/h4-6H,2-3,7-9H2,1H3,(H,19,20). The molecule has 6 heteroatoms. The van der Waals surface area contributed by atoms with E-state index >= 15 is 0 Å². The smallest absolute Gasteiger partial charge is 0.313 e. The fraction of sp³-hybridized carbons (Fsp3) is 0.467. The first-order chi connectivity index (χ1) is 10.0. The molecule has 1 aromatic carbocycles. The summed E-state index contributed by atoms with van der Waals surface area (Å²) >= 11 is 7.66. The largest absolute Gasteiger partial charge is 0.481 e. The van der Waals surface area contributed by atoms with Gasteiger partial charge in [-0.25, -0.2) is 4.98 Å². The fourth-order valence-corrected chi connectivity index (χ4v) is 4.26. The van der Waals surface area contributed by atoms with E-state index in [9.17, 15) is 4.79 Å². The fourth-order valence-electron chi connectivity index (χ4n) is 3.15. The molecular weight excluding hydrogens is 308 g/mol. The SMILES string of the molecule is CC1(n2c(SCC(=O)O)nc3cccc(Cl)c32)CCCC1. The molecule has 1 fully saturated rings. The Morgan fingerprint density at radius 1 is 1.48 bits per heavy atom. The number of nitrogens with zero attached hydrogens (tertiary/aromatic N) is 2. The second-order valence-corrected chi connectivity index (χ2v) is 7.07. The normalized spacial score (nSPS) is 17.4. The van der Waals surface area contributed by atoms with Crippen LogP contribution in [0.2, 0.25) is 5.02 Å². The van der Waals surface area contributed by atoms with Crippen LogP contribution < -0.4 is 0 Å². The summed E-state index contributed by atoms with van der Waals surface area (Å²) in [6, 6.07) is 5.68. The lowest BCUT2D eigenvalue weighted by atomic mass is 10.00. The molecule has 1 aromatic heterocycles. The number of aliphatic carboxylic acids is 1. The van der Waals surface area contributed by atoms with Gasteiger partial charge in [-0.2, -0.15) is 0 Å². The van der Waals surface area contributed by atoms with Crippen LogP contribution in [-0.2, 0) is 10.3 Å². The van der Waals surface area contributed by atoms with Crippen molar-refractivity contribution >= 4 is 40.4 Å². The lowest BCUT2D eigenvalue weighted by Crippen LogP contribution is -2.27. The van der Waals surface area contributed by atoms with Crippen molar-refractivity contribution in [3.8, 4) is 0 Å². The van der Waals surface area contributed by atoms with Gasteiger partial charge in [0, 0.05) is 5.54 Å². The zero-order chi connectivity index (χ0) is 15.0. The molecule has 3 rings (SSSR count). The number of thioether (sulfide) groups is 1. The van der Waals surface area contributed by atoms with Crippen LogP contribution in [-0.4, -0.2) is 26.4 Å². The molecule has 0 spiro atoms. The highest BCUT2D eigenvalue weighted by molar-refractivity contribution is 7.99. The minimum Gasteiger partial charge on any atom is -0.481 e. The molecule has 2 aromatic rings. The Hall–Kier alpha value is -1.20. The first-order valence-electron chi connectivity index (χ1n) is 7.03. The lowest BCUT2D eigenvalue weighted by Gasteiger charge is -2.28. The molecule has 1 aliphatic carbocycles. The molecule has 0 unspecified atom stereocenters. The number of rotatable bonds is 4. The van der Waals surface area contributed by atoms with Crippen LogP contribution in [0.25, 0.3) is 11.0 Å². The first-order valence-corrected chi connectivity index (χ1v) is 8.40. The average Bonchev–Trinajstić information content (AvgIpc) is 3.01. The summed E-state index contributed by atoms with van der Waals surface area (Å²) in [7, 11) is 0. The van der Waals surface area contributed by atoms with Crippen LogP contribution in [0.1, 0.15) is 32.6 Å². The van der Waals surface area contributed by atoms with E-state index in [1.165, 1.54) is 24.6 Å². The van der Waals surface area contributed by atoms with E-state index < -0.39 is 5.97 Å². The second-order valence-electron chi connectivity index (χ2n) is 5.72. The van der Waals surface area contributed by atoms with Crippen LogP contribution in [0.4, 0.5) is 0 Å². The Kier molecular flexibility index (Phi) is 3.88. The summed E-state index contributed by atoms with van der Waals surface area (Å²) in [5.41, 5.74) is 1.74. The highest BCUT2D eigenvalue weighted by Crippen LogP contribution is 2.42. The molecule has 1 aliphatic rings. The van der Waals surface area contributed by atoms with Crippen molar-refractivity contribution < 1.29 is 9.90 Å². The predicted molar refractivity (Wildman–Crippen MR) is 85.2 cm³/mol. The van der Waals surface area contributed by atoms with Crippen molar-refractivity contribution in [1.82, 2.24) is 9.55 Å². The van der Waals surface area contributed by atoms with Crippen molar-refractivity contribution in [3.05, 3.63) is 23.2 Å². The van der Waals surface area contributed by atoms with Crippen molar-refractivity contribution in [3.63, 3.8) is 0 Å². The molecule has 1 N–H and O–H groups in total. The Labute approximate surface area is 132 Å². The molecule has 21 heavy (non-hydrogen) atoms. The van der Waals surface area contributed by atoms with Crippen molar-refractivity contribution in [2.45, 2.75) is 43.3 Å². The zero-order valence-corrected chi connectivity index (χ0v) is 13.4. The minimum atomic E-state index is -0.832. The molecule has 0 aliphatic heterocycles. The average molecular weight is 325 g/mol. The van der Waals surface area contributed by atoms with Crippen LogP contribution >= 0.6 is 23.4 Å². The predicted octanol–water partition coefficient (Wildman–Crippen LogP) is 4.16. The monoisotopic (exact) mass is 324 g/mol. The molecule has 0 bridgehead atoms. The molecule has 0 amide bonds. The molecule has 1 saturated carbocycles. The van der Waals surface area contributed by atoms with E-state index in [0.717, 1.165) is 29.0 Å². The lowest BCUT2D eigenvalue weighted by molar-refractivity contribution is -0.133. The van der Waals surface area contributed by atoms with E-state index in [-0.39, 0.29) is 11.3 Å². The molecule has 0 atom stereocenters. The Morgan fingerprint density at radius 2 is 2.19 bits per heavy atom. The minimum absolute atomic E-state index is 0.0109. The number of carboxylic acid groups (broad SMARTS) is 1. The van der Waals surface area contributed by atoms with E-state index in [1.807, 2.05) is 18.2 Å². The van der Waals surface area contributed by atoms with Crippen LogP contribution in [0.15, 0.2) is 23.4 Å². The Balaban J connectivity index is 2.17. The van der Waals surface area contributed by atoms with E-state index in [4.69, 9.17) is 16.7 Å². The van der Waals surface area contributed by atoms with Crippen LogP contribution in [0.3, 0.4) is 0 Å². The van der Waals surface area contributed by atoms with E-state index in [1.54, 1.807) is 0 Å². The molecule has 0 saturated heterocycles. The number of para-hydroxylation sites is 1. The maximum absolute atomic E-state index is 10.9. The number of carboxylic acids is 1.